The number of aromatic nitrogens is 2. The molecule has 0 fully saturated rings. The molecule has 1 amide bonds. The first-order chi connectivity index (χ1) is 11.6. The Morgan fingerprint density at radius 1 is 1.21 bits per heavy atom. The van der Waals surface area contributed by atoms with E-state index in [0.717, 1.165) is 5.69 Å². The van der Waals surface area contributed by atoms with Crippen LogP contribution in [0, 0.1) is 6.92 Å². The zero-order valence-corrected chi connectivity index (χ0v) is 14.0. The minimum absolute atomic E-state index is 0.221. The molecule has 0 saturated carbocycles. The van der Waals surface area contributed by atoms with Gasteiger partial charge in [0, 0.05) is 23.3 Å². The molecule has 1 aromatic carbocycles. The van der Waals surface area contributed by atoms with Crippen LogP contribution in [0.25, 0.3) is 5.69 Å². The average Bonchev–Trinajstić information content (AvgIpc) is 3.00. The lowest BCUT2D eigenvalue weighted by molar-refractivity contribution is 0.102. The number of nitrogens with one attached hydrogen (secondary N) is 1. The summed E-state index contributed by atoms with van der Waals surface area (Å²) >= 11 is 1.35. The van der Waals surface area contributed by atoms with Crippen molar-refractivity contribution in [1.82, 2.24) is 9.55 Å². The van der Waals surface area contributed by atoms with Crippen molar-refractivity contribution in [1.29, 1.82) is 0 Å². The van der Waals surface area contributed by atoms with Gasteiger partial charge in [0.05, 0.1) is 18.4 Å². The SMILES string of the molecule is COc1ccc(-n2cc(C(=O)Nc3nc(C)cs3)ccc2=O)cc1. The molecular weight excluding hydrogens is 326 g/mol. The van der Waals surface area contributed by atoms with Gasteiger partial charge in [-0.05, 0) is 37.3 Å². The number of thiazole rings is 1. The summed E-state index contributed by atoms with van der Waals surface area (Å²) < 4.78 is 6.53. The molecule has 0 radical (unpaired) electrons. The van der Waals surface area contributed by atoms with Gasteiger partial charge in [0.2, 0.25) is 0 Å². The van der Waals surface area contributed by atoms with E-state index in [4.69, 9.17) is 4.74 Å². The molecule has 2 heterocycles. The first-order valence-corrected chi connectivity index (χ1v) is 8.05. The number of benzene rings is 1. The van der Waals surface area contributed by atoms with Crippen molar-refractivity contribution in [2.24, 2.45) is 0 Å². The highest BCUT2D eigenvalue weighted by atomic mass is 32.1. The molecular formula is C17H15N3O3S. The van der Waals surface area contributed by atoms with Gasteiger partial charge in [-0.2, -0.15) is 0 Å². The number of hydrogen-bond donors (Lipinski definition) is 1. The van der Waals surface area contributed by atoms with E-state index < -0.39 is 0 Å². The second-order valence-corrected chi connectivity index (χ2v) is 5.93. The van der Waals surface area contributed by atoms with Gasteiger partial charge in [0.25, 0.3) is 11.5 Å². The molecule has 0 saturated heterocycles. The van der Waals surface area contributed by atoms with E-state index in [9.17, 15) is 9.59 Å². The number of aryl methyl sites for hydroxylation is 1. The van der Waals surface area contributed by atoms with Crippen LogP contribution in [0.5, 0.6) is 5.75 Å². The predicted octanol–water partition coefficient (Wildman–Crippen LogP) is 2.86. The van der Waals surface area contributed by atoms with Crippen LogP contribution >= 0.6 is 11.3 Å². The Labute approximate surface area is 142 Å². The van der Waals surface area contributed by atoms with E-state index in [-0.39, 0.29) is 11.5 Å². The van der Waals surface area contributed by atoms with Crippen molar-refractivity contribution in [3.63, 3.8) is 0 Å². The van der Waals surface area contributed by atoms with Crippen molar-refractivity contribution in [2.45, 2.75) is 6.92 Å². The van der Waals surface area contributed by atoms with Gasteiger partial charge in [0.15, 0.2) is 5.13 Å². The molecule has 0 bridgehead atoms. The molecule has 0 spiro atoms. The third-order valence-corrected chi connectivity index (χ3v) is 4.24. The number of amides is 1. The zero-order valence-electron chi connectivity index (χ0n) is 13.1. The van der Waals surface area contributed by atoms with E-state index in [1.54, 1.807) is 31.4 Å². The Balaban J connectivity index is 1.90. The predicted molar refractivity (Wildman–Crippen MR) is 93.4 cm³/mol. The first-order valence-electron chi connectivity index (χ1n) is 7.17. The highest BCUT2D eigenvalue weighted by molar-refractivity contribution is 7.13. The third kappa shape index (κ3) is 3.36. The molecule has 24 heavy (non-hydrogen) atoms. The second kappa shape index (κ2) is 6.67. The van der Waals surface area contributed by atoms with E-state index in [2.05, 4.69) is 10.3 Å². The minimum Gasteiger partial charge on any atom is -0.497 e. The molecule has 122 valence electrons. The Kier molecular flexibility index (Phi) is 4.43. The standard InChI is InChI=1S/C17H15N3O3S/c1-11-10-24-17(18-11)19-16(22)12-3-8-15(21)20(9-12)13-4-6-14(23-2)7-5-13/h3-10H,1-2H3,(H,18,19,22). The van der Waals surface area contributed by atoms with E-state index >= 15 is 0 Å². The molecule has 0 atom stereocenters. The van der Waals surface area contributed by atoms with Crippen LogP contribution in [0.1, 0.15) is 16.1 Å². The van der Waals surface area contributed by atoms with Crippen molar-refractivity contribution in [3.05, 3.63) is 69.6 Å². The van der Waals surface area contributed by atoms with Crippen LogP contribution in [0.3, 0.4) is 0 Å². The molecule has 1 N–H and O–H groups in total. The number of methoxy groups -OCH3 is 1. The van der Waals surface area contributed by atoms with Crippen LogP contribution in [0.4, 0.5) is 5.13 Å². The lowest BCUT2D eigenvalue weighted by Crippen LogP contribution is -2.20. The smallest absolute Gasteiger partial charge is 0.258 e. The summed E-state index contributed by atoms with van der Waals surface area (Å²) in [6.07, 6.45) is 1.51. The average molecular weight is 341 g/mol. The van der Waals surface area contributed by atoms with Gasteiger partial charge in [-0.1, -0.05) is 0 Å². The Bertz CT molecular complexity index is 929. The molecule has 3 aromatic rings. The van der Waals surface area contributed by atoms with Gasteiger partial charge in [-0.3, -0.25) is 19.5 Å². The molecule has 0 unspecified atom stereocenters. The summed E-state index contributed by atoms with van der Waals surface area (Å²) in [5.41, 5.74) is 1.65. The number of carbonyl (C=O) groups excluding carboxylic acids is 1. The van der Waals surface area contributed by atoms with Gasteiger partial charge in [-0.15, -0.1) is 11.3 Å². The largest absolute Gasteiger partial charge is 0.497 e. The van der Waals surface area contributed by atoms with Crippen molar-refractivity contribution < 1.29 is 9.53 Å². The summed E-state index contributed by atoms with van der Waals surface area (Å²) in [4.78, 5) is 28.6. The van der Waals surface area contributed by atoms with Crippen LogP contribution in [-0.2, 0) is 0 Å². The number of carbonyl (C=O) groups is 1. The molecule has 0 aliphatic heterocycles. The topological polar surface area (TPSA) is 73.2 Å². The maximum Gasteiger partial charge on any atom is 0.258 e. The highest BCUT2D eigenvalue weighted by Crippen LogP contribution is 2.17. The Morgan fingerprint density at radius 3 is 2.58 bits per heavy atom. The van der Waals surface area contributed by atoms with Crippen LogP contribution < -0.4 is 15.6 Å². The fourth-order valence-corrected chi connectivity index (χ4v) is 2.83. The number of rotatable bonds is 4. The lowest BCUT2D eigenvalue weighted by atomic mass is 10.2. The summed E-state index contributed by atoms with van der Waals surface area (Å²) in [5, 5.41) is 5.11. The van der Waals surface area contributed by atoms with Gasteiger partial charge >= 0.3 is 0 Å². The zero-order chi connectivity index (χ0) is 17.1. The van der Waals surface area contributed by atoms with Crippen molar-refractivity contribution in [2.75, 3.05) is 12.4 Å². The molecule has 0 aliphatic rings. The van der Waals surface area contributed by atoms with E-state index in [0.29, 0.717) is 22.1 Å². The Hall–Kier alpha value is -2.93. The number of ether oxygens (including phenoxy) is 1. The molecule has 3 rings (SSSR count). The molecule has 6 nitrogen and oxygen atoms in total. The minimum atomic E-state index is -0.313. The molecule has 2 aromatic heterocycles. The summed E-state index contributed by atoms with van der Waals surface area (Å²) in [7, 11) is 1.58. The fraction of sp³-hybridized carbons (Fsp3) is 0.118. The summed E-state index contributed by atoms with van der Waals surface area (Å²) in [6, 6.07) is 9.89. The van der Waals surface area contributed by atoms with Gasteiger partial charge in [-0.25, -0.2) is 4.98 Å². The maximum absolute atomic E-state index is 12.3. The van der Waals surface area contributed by atoms with Crippen LogP contribution in [0.2, 0.25) is 0 Å². The number of nitrogens with zero attached hydrogens (tertiary/aromatic N) is 2. The van der Waals surface area contributed by atoms with Gasteiger partial charge < -0.3 is 4.74 Å². The third-order valence-electron chi connectivity index (χ3n) is 3.36. The normalized spacial score (nSPS) is 10.4. The Morgan fingerprint density at radius 2 is 1.96 bits per heavy atom. The quantitative estimate of drug-likeness (QED) is 0.792. The molecule has 0 aliphatic carbocycles. The number of hydrogen-bond acceptors (Lipinski definition) is 5. The highest BCUT2D eigenvalue weighted by Gasteiger charge is 2.11. The number of pyridine rings is 1. The van der Waals surface area contributed by atoms with Crippen LogP contribution in [0.15, 0.2) is 52.8 Å². The maximum atomic E-state index is 12.3. The van der Waals surface area contributed by atoms with E-state index in [1.807, 2.05) is 12.3 Å². The number of anilines is 1. The van der Waals surface area contributed by atoms with Crippen LogP contribution in [-0.4, -0.2) is 22.6 Å². The summed E-state index contributed by atoms with van der Waals surface area (Å²) in [6.45, 7) is 1.86. The van der Waals surface area contributed by atoms with Crippen molar-refractivity contribution in [3.8, 4) is 11.4 Å². The monoisotopic (exact) mass is 341 g/mol. The van der Waals surface area contributed by atoms with Crippen molar-refractivity contribution >= 4 is 22.4 Å². The fourth-order valence-electron chi connectivity index (χ4n) is 2.15. The van der Waals surface area contributed by atoms with E-state index in [1.165, 1.54) is 34.2 Å². The second-order valence-electron chi connectivity index (χ2n) is 5.07. The van der Waals surface area contributed by atoms with Gasteiger partial charge in [0.1, 0.15) is 5.75 Å². The first kappa shape index (κ1) is 15.9. The summed E-state index contributed by atoms with van der Waals surface area (Å²) in [5.74, 6) is 0.381. The lowest BCUT2D eigenvalue weighted by Gasteiger charge is -2.09. The molecule has 7 heteroatoms.